The van der Waals surface area contributed by atoms with Crippen molar-refractivity contribution in [1.82, 2.24) is 0 Å². The molecule has 0 aromatic rings. The summed E-state index contributed by atoms with van der Waals surface area (Å²) in [7, 11) is 0. The van der Waals surface area contributed by atoms with Crippen molar-refractivity contribution < 1.29 is 34.4 Å². The first-order chi connectivity index (χ1) is 0. The van der Waals surface area contributed by atoms with Crippen LogP contribution in [0.15, 0.2) is 0 Å². The van der Waals surface area contributed by atoms with Gasteiger partial charge in [0, 0.05) is 61.9 Å². The van der Waals surface area contributed by atoms with Crippen molar-refractivity contribution in [3.8, 4) is 0 Å². The molecular weight excluding hydrogens is 152 g/mol. The summed E-state index contributed by atoms with van der Waals surface area (Å²) >= 11 is 0. The van der Waals surface area contributed by atoms with Gasteiger partial charge in [-0.2, -0.15) is 0 Å². The Morgan fingerprint density at radius 1 is 1.00 bits per heavy atom. The number of hydrogen-bond acceptors (Lipinski definition) is 0. The van der Waals surface area contributed by atoms with Crippen LogP contribution >= 0.6 is 0 Å². The molecule has 22 valence electrons. The molecule has 0 saturated heterocycles. The summed E-state index contributed by atoms with van der Waals surface area (Å²) in [5.74, 6) is 0. The summed E-state index contributed by atoms with van der Waals surface area (Å²) in [4.78, 5) is 0. The zero-order chi connectivity index (χ0) is 0. The summed E-state index contributed by atoms with van der Waals surface area (Å²) in [6.07, 6.45) is 0. The fourth-order valence-corrected chi connectivity index (χ4v) is 0. The Hall–Kier alpha value is 1.75. The van der Waals surface area contributed by atoms with Crippen LogP contribution in [0.25, 0.3) is 0 Å². The first-order valence-electron chi connectivity index (χ1n) is 0. The fourth-order valence-electron chi connectivity index (χ4n) is 0. The molecule has 6 radical (unpaired) electrons. The van der Waals surface area contributed by atoms with E-state index in [0.29, 0.717) is 0 Å². The molecule has 0 aromatic heterocycles. The van der Waals surface area contributed by atoms with Crippen LogP contribution in [-0.4, -0.2) is 27.5 Å². The van der Waals surface area contributed by atoms with Gasteiger partial charge in [0.1, 0.15) is 0 Å². The van der Waals surface area contributed by atoms with Crippen molar-refractivity contribution in [2.45, 2.75) is 0 Å². The average Bonchev–Trinajstić information content (AvgIpc) is 0. The van der Waals surface area contributed by atoms with Gasteiger partial charge in [-0.15, -0.1) is 0 Å². The van der Waals surface area contributed by atoms with E-state index in [2.05, 4.69) is 0 Å². The molecule has 0 atom stereocenters. The van der Waals surface area contributed by atoms with Crippen molar-refractivity contribution in [3.05, 3.63) is 0 Å². The smallest absolute Gasteiger partial charge is 0 e. The summed E-state index contributed by atoms with van der Waals surface area (Å²) in [5.41, 5.74) is 0. The third-order valence-corrected chi connectivity index (χ3v) is 0. The molecule has 4 heteroatoms. The van der Waals surface area contributed by atoms with E-state index in [1.54, 1.807) is 0 Å². The van der Waals surface area contributed by atoms with Crippen molar-refractivity contribution in [1.29, 1.82) is 0 Å². The van der Waals surface area contributed by atoms with Crippen LogP contribution in [0.2, 0.25) is 0 Å². The van der Waals surface area contributed by atoms with Crippen LogP contribution in [0.4, 0.5) is 0 Å². The number of rotatable bonds is 0. The first-order valence-corrected chi connectivity index (χ1v) is 0. The summed E-state index contributed by atoms with van der Waals surface area (Å²) in [5, 5.41) is 0. The van der Waals surface area contributed by atoms with Crippen LogP contribution in [0.3, 0.4) is 0 Å². The molecule has 0 rings (SSSR count). The molecule has 4 heavy (non-hydrogen) atoms. The third-order valence-electron chi connectivity index (χ3n) is 0. The maximum Gasteiger partial charge on any atom is 0 e. The Morgan fingerprint density at radius 2 is 1.00 bits per heavy atom. The minimum absolute atomic E-state index is 0. The molecule has 0 bridgehead atoms. The zero-order valence-electron chi connectivity index (χ0n) is 1.99. The van der Waals surface area contributed by atoms with Gasteiger partial charge < -0.3 is 0 Å². The minimum Gasteiger partial charge on any atom is 0 e. The SMILES string of the molecule is [Al].[Be].[Cr].[Cu]. The average molecular weight is 152 g/mol. The summed E-state index contributed by atoms with van der Waals surface area (Å²) in [6, 6.07) is 0. The van der Waals surface area contributed by atoms with E-state index in [-0.39, 0.29) is 61.9 Å². The van der Waals surface area contributed by atoms with Gasteiger partial charge in [0.25, 0.3) is 0 Å². The molecule has 0 unspecified atom stereocenters. The molecule has 0 saturated carbocycles. The van der Waals surface area contributed by atoms with E-state index < -0.39 is 0 Å². The quantitative estimate of drug-likeness (QED) is 0.399. The second-order valence-electron chi connectivity index (χ2n) is 0. The van der Waals surface area contributed by atoms with Crippen LogP contribution in [0, 0.1) is 0 Å². The topological polar surface area (TPSA) is 0 Å². The van der Waals surface area contributed by atoms with Crippen molar-refractivity contribution in [3.63, 3.8) is 0 Å². The molecule has 0 heterocycles. The Bertz CT molecular complexity index is 8.00. The molecule has 0 nitrogen and oxygen atoms in total. The second kappa shape index (κ2) is 21.8. The van der Waals surface area contributed by atoms with Gasteiger partial charge in [-0.3, -0.25) is 0 Å². The Morgan fingerprint density at radius 3 is 1.00 bits per heavy atom. The van der Waals surface area contributed by atoms with Crippen LogP contribution in [0.5, 0.6) is 0 Å². The molecule has 0 amide bonds. The van der Waals surface area contributed by atoms with Gasteiger partial charge in [-0.05, 0) is 0 Å². The third kappa shape index (κ3) is 9.26. The molecule has 0 aliphatic heterocycles. The molecule has 0 fully saturated rings. The maximum atomic E-state index is 0. The van der Waals surface area contributed by atoms with Gasteiger partial charge in [-0.25, -0.2) is 0 Å². The van der Waals surface area contributed by atoms with E-state index >= 15 is 0 Å². The van der Waals surface area contributed by atoms with E-state index in [1.165, 1.54) is 0 Å². The van der Waals surface area contributed by atoms with Crippen molar-refractivity contribution in [2.24, 2.45) is 0 Å². The molecule has 0 N–H and O–H groups in total. The van der Waals surface area contributed by atoms with Gasteiger partial charge in [0.2, 0.25) is 0 Å². The first kappa shape index (κ1) is 42.3. The van der Waals surface area contributed by atoms with Crippen LogP contribution in [0.1, 0.15) is 0 Å². The van der Waals surface area contributed by atoms with E-state index in [4.69, 9.17) is 0 Å². The molecular formula is AlBeCrCu. The monoisotopic (exact) mass is 151 g/mol. The van der Waals surface area contributed by atoms with E-state index in [0.717, 1.165) is 0 Å². The molecule has 0 aromatic carbocycles. The van der Waals surface area contributed by atoms with Crippen LogP contribution in [-0.2, 0) is 34.4 Å². The zero-order valence-corrected chi connectivity index (χ0v) is 5.37. The predicted octanol–water partition coefficient (Wildman–Crippen LogP) is -0.767. The summed E-state index contributed by atoms with van der Waals surface area (Å²) in [6.45, 7) is 0. The van der Waals surface area contributed by atoms with Crippen molar-refractivity contribution in [2.75, 3.05) is 0 Å². The van der Waals surface area contributed by atoms with Gasteiger partial charge in [0.05, 0.1) is 0 Å². The molecule has 0 aliphatic carbocycles. The van der Waals surface area contributed by atoms with Gasteiger partial charge in [-0.1, -0.05) is 0 Å². The largest absolute Gasteiger partial charge is 0 e. The Labute approximate surface area is 61.7 Å². The van der Waals surface area contributed by atoms with E-state index in [9.17, 15) is 0 Å². The molecule has 0 aliphatic rings. The fraction of sp³-hybridized carbons (Fsp3) is 0. The number of hydrogen-bond donors (Lipinski definition) is 0. The van der Waals surface area contributed by atoms with Crippen molar-refractivity contribution >= 4 is 27.5 Å². The Balaban J connectivity index is 0. The summed E-state index contributed by atoms with van der Waals surface area (Å²) < 4.78 is 0. The standard InChI is InChI=1S/Al.Be.Cr.Cu. The normalized spacial score (nSPS) is 0. The Kier molecular flexibility index (Phi) is 230. The van der Waals surface area contributed by atoms with Gasteiger partial charge in [0.15, 0.2) is 0 Å². The predicted molar refractivity (Wildman–Crippen MR) is 11.5 cm³/mol. The van der Waals surface area contributed by atoms with Gasteiger partial charge >= 0.3 is 0 Å². The minimum atomic E-state index is 0. The second-order valence-corrected chi connectivity index (χ2v) is 0. The molecule has 0 spiro atoms. The van der Waals surface area contributed by atoms with Crippen LogP contribution < -0.4 is 0 Å². The van der Waals surface area contributed by atoms with E-state index in [1.807, 2.05) is 0 Å². The maximum absolute atomic E-state index is 0.